The van der Waals surface area contributed by atoms with E-state index in [0.29, 0.717) is 28.6 Å². The SMILES string of the molecule is CC1=C(C(=O)Nc2ccccn2)[C@H](c2ccc(F)cc2)n2nnnc2N1. The van der Waals surface area contributed by atoms with Gasteiger partial charge in [0.05, 0.1) is 5.57 Å². The summed E-state index contributed by atoms with van der Waals surface area (Å²) >= 11 is 0. The third-order valence-electron chi connectivity index (χ3n) is 4.05. The van der Waals surface area contributed by atoms with Crippen LogP contribution in [0.25, 0.3) is 0 Å². The summed E-state index contributed by atoms with van der Waals surface area (Å²) in [6.45, 7) is 1.77. The number of carbonyl (C=O) groups excluding carboxylic acids is 1. The van der Waals surface area contributed by atoms with E-state index in [1.807, 2.05) is 0 Å². The standard InChI is InChI=1S/C17H14FN7O/c1-10-14(16(26)21-13-4-2-3-9-19-13)15(11-5-7-12(18)8-6-11)25-17(20-10)22-23-24-25/h2-9,15H,1H3,(H,19,21,26)(H,20,22,24)/t15-/m0/s1. The number of nitrogens with one attached hydrogen (secondary N) is 2. The number of nitrogens with zero attached hydrogens (tertiary/aromatic N) is 5. The zero-order valence-corrected chi connectivity index (χ0v) is 13.7. The van der Waals surface area contributed by atoms with Gasteiger partial charge in [0.1, 0.15) is 17.7 Å². The fourth-order valence-corrected chi connectivity index (χ4v) is 2.88. The predicted molar refractivity (Wildman–Crippen MR) is 91.5 cm³/mol. The van der Waals surface area contributed by atoms with Crippen molar-refractivity contribution in [2.45, 2.75) is 13.0 Å². The van der Waals surface area contributed by atoms with Crippen molar-refractivity contribution in [1.29, 1.82) is 0 Å². The molecular weight excluding hydrogens is 337 g/mol. The molecule has 26 heavy (non-hydrogen) atoms. The van der Waals surface area contributed by atoms with Crippen molar-refractivity contribution in [3.8, 4) is 0 Å². The van der Waals surface area contributed by atoms with Crippen molar-refractivity contribution in [3.05, 3.63) is 71.3 Å². The molecule has 1 amide bonds. The van der Waals surface area contributed by atoms with E-state index >= 15 is 0 Å². The Bertz CT molecular complexity index is 982. The average Bonchev–Trinajstić information content (AvgIpc) is 3.10. The molecule has 2 aromatic heterocycles. The molecule has 1 aromatic carbocycles. The van der Waals surface area contributed by atoms with Gasteiger partial charge in [-0.25, -0.2) is 9.37 Å². The van der Waals surface area contributed by atoms with Gasteiger partial charge in [0.25, 0.3) is 5.91 Å². The Morgan fingerprint density at radius 2 is 2.04 bits per heavy atom. The molecule has 0 radical (unpaired) electrons. The molecule has 0 fully saturated rings. The van der Waals surface area contributed by atoms with Crippen molar-refractivity contribution in [3.63, 3.8) is 0 Å². The number of allylic oxidation sites excluding steroid dienone is 1. The van der Waals surface area contributed by atoms with Crippen LogP contribution in [0.2, 0.25) is 0 Å². The molecule has 0 spiro atoms. The smallest absolute Gasteiger partial charge is 0.257 e. The Balaban J connectivity index is 1.77. The lowest BCUT2D eigenvalue weighted by Crippen LogP contribution is -2.31. The summed E-state index contributed by atoms with van der Waals surface area (Å²) in [6.07, 6.45) is 1.59. The number of benzene rings is 1. The molecule has 1 atom stereocenters. The quantitative estimate of drug-likeness (QED) is 0.750. The molecule has 1 aliphatic heterocycles. The minimum absolute atomic E-state index is 0.343. The molecule has 8 nitrogen and oxygen atoms in total. The van der Waals surface area contributed by atoms with E-state index in [-0.39, 0.29) is 11.7 Å². The van der Waals surface area contributed by atoms with Crippen molar-refractivity contribution in [1.82, 2.24) is 25.2 Å². The predicted octanol–water partition coefficient (Wildman–Crippen LogP) is 2.13. The molecule has 0 aliphatic carbocycles. The number of rotatable bonds is 3. The van der Waals surface area contributed by atoms with Gasteiger partial charge >= 0.3 is 0 Å². The van der Waals surface area contributed by atoms with Crippen molar-refractivity contribution >= 4 is 17.7 Å². The molecule has 3 aromatic rings. The number of tetrazole rings is 1. The highest BCUT2D eigenvalue weighted by Crippen LogP contribution is 2.34. The largest absolute Gasteiger partial charge is 0.326 e. The molecule has 2 N–H and O–H groups in total. The average molecular weight is 351 g/mol. The van der Waals surface area contributed by atoms with E-state index in [1.165, 1.54) is 16.8 Å². The molecule has 0 bridgehead atoms. The van der Waals surface area contributed by atoms with E-state index in [9.17, 15) is 9.18 Å². The molecule has 0 unspecified atom stereocenters. The van der Waals surface area contributed by atoms with Crippen molar-refractivity contribution in [2.75, 3.05) is 10.6 Å². The van der Waals surface area contributed by atoms with Gasteiger partial charge in [0, 0.05) is 11.9 Å². The minimum Gasteiger partial charge on any atom is -0.326 e. The van der Waals surface area contributed by atoms with Crippen LogP contribution in [-0.2, 0) is 4.79 Å². The van der Waals surface area contributed by atoms with E-state index in [1.54, 1.807) is 43.5 Å². The second-order valence-corrected chi connectivity index (χ2v) is 5.73. The molecule has 1 aliphatic rings. The first-order valence-corrected chi connectivity index (χ1v) is 7.87. The number of hydrogen-bond acceptors (Lipinski definition) is 6. The Morgan fingerprint density at radius 3 is 2.77 bits per heavy atom. The fourth-order valence-electron chi connectivity index (χ4n) is 2.88. The van der Waals surface area contributed by atoms with Crippen LogP contribution < -0.4 is 10.6 Å². The normalized spacial score (nSPS) is 16.0. The topological polar surface area (TPSA) is 97.6 Å². The first-order chi connectivity index (χ1) is 12.6. The van der Waals surface area contributed by atoms with Crippen LogP contribution in [0.3, 0.4) is 0 Å². The molecular formula is C17H14FN7O. The van der Waals surface area contributed by atoms with Crippen molar-refractivity contribution in [2.24, 2.45) is 0 Å². The highest BCUT2D eigenvalue weighted by atomic mass is 19.1. The van der Waals surface area contributed by atoms with Crippen LogP contribution in [-0.4, -0.2) is 31.1 Å². The number of amides is 1. The third-order valence-corrected chi connectivity index (χ3v) is 4.05. The number of hydrogen-bond donors (Lipinski definition) is 2. The summed E-state index contributed by atoms with van der Waals surface area (Å²) in [5.74, 6) is 0.133. The maximum absolute atomic E-state index is 13.4. The number of carbonyl (C=O) groups is 1. The second-order valence-electron chi connectivity index (χ2n) is 5.73. The maximum atomic E-state index is 13.4. The third kappa shape index (κ3) is 2.79. The Morgan fingerprint density at radius 1 is 1.23 bits per heavy atom. The van der Waals surface area contributed by atoms with Crippen LogP contribution in [0.5, 0.6) is 0 Å². The van der Waals surface area contributed by atoms with Gasteiger partial charge in [-0.05, 0) is 47.2 Å². The summed E-state index contributed by atoms with van der Waals surface area (Å²) in [4.78, 5) is 17.1. The van der Waals surface area contributed by atoms with Crippen LogP contribution in [0.15, 0.2) is 59.9 Å². The summed E-state index contributed by atoms with van der Waals surface area (Å²) in [5.41, 5.74) is 1.71. The summed E-state index contributed by atoms with van der Waals surface area (Å²) < 4.78 is 14.8. The van der Waals surface area contributed by atoms with Gasteiger partial charge in [-0.2, -0.15) is 4.68 Å². The maximum Gasteiger partial charge on any atom is 0.257 e. The lowest BCUT2D eigenvalue weighted by molar-refractivity contribution is -0.113. The van der Waals surface area contributed by atoms with E-state index < -0.39 is 6.04 Å². The Hall–Kier alpha value is -3.62. The van der Waals surface area contributed by atoms with Crippen LogP contribution >= 0.6 is 0 Å². The second kappa shape index (κ2) is 6.36. The summed E-state index contributed by atoms with van der Waals surface area (Å²) in [7, 11) is 0. The summed E-state index contributed by atoms with van der Waals surface area (Å²) in [5, 5.41) is 17.4. The molecule has 4 rings (SSSR count). The number of aromatic nitrogens is 5. The molecule has 9 heteroatoms. The highest BCUT2D eigenvalue weighted by Gasteiger charge is 2.34. The van der Waals surface area contributed by atoms with Gasteiger partial charge in [0.15, 0.2) is 0 Å². The number of pyridine rings is 1. The van der Waals surface area contributed by atoms with E-state index in [0.717, 1.165) is 0 Å². The number of anilines is 2. The monoisotopic (exact) mass is 351 g/mol. The summed E-state index contributed by atoms with van der Waals surface area (Å²) in [6, 6.07) is 10.5. The highest BCUT2D eigenvalue weighted by molar-refractivity contribution is 6.05. The van der Waals surface area contributed by atoms with Gasteiger partial charge in [-0.15, -0.1) is 0 Å². The van der Waals surface area contributed by atoms with Crippen LogP contribution in [0, 0.1) is 5.82 Å². The van der Waals surface area contributed by atoms with E-state index in [4.69, 9.17) is 0 Å². The lowest BCUT2D eigenvalue weighted by Gasteiger charge is -2.27. The molecule has 3 heterocycles. The molecule has 0 saturated heterocycles. The fraction of sp³-hybridized carbons (Fsp3) is 0.118. The van der Waals surface area contributed by atoms with Gasteiger partial charge in [-0.3, -0.25) is 4.79 Å². The molecule has 130 valence electrons. The van der Waals surface area contributed by atoms with Gasteiger partial charge in [-0.1, -0.05) is 23.3 Å². The van der Waals surface area contributed by atoms with Crippen LogP contribution in [0.4, 0.5) is 16.2 Å². The Kier molecular flexibility index (Phi) is 3.88. The first kappa shape index (κ1) is 15.9. The number of halogens is 1. The first-order valence-electron chi connectivity index (χ1n) is 7.87. The van der Waals surface area contributed by atoms with Crippen molar-refractivity contribution < 1.29 is 9.18 Å². The van der Waals surface area contributed by atoms with Crippen LogP contribution in [0.1, 0.15) is 18.5 Å². The van der Waals surface area contributed by atoms with Gasteiger partial charge < -0.3 is 10.6 Å². The zero-order chi connectivity index (χ0) is 18.1. The molecule has 0 saturated carbocycles. The minimum atomic E-state index is -0.592. The Labute approximate surface area is 147 Å². The number of fused-ring (bicyclic) bond motifs is 1. The zero-order valence-electron chi connectivity index (χ0n) is 13.7. The van der Waals surface area contributed by atoms with Gasteiger partial charge in [0.2, 0.25) is 5.95 Å². The van der Waals surface area contributed by atoms with E-state index in [2.05, 4.69) is 31.1 Å². The lowest BCUT2D eigenvalue weighted by atomic mass is 9.95.